The molecule has 1 heterocycles. The van der Waals surface area contributed by atoms with Crippen molar-refractivity contribution in [1.29, 1.82) is 0 Å². The van der Waals surface area contributed by atoms with Crippen LogP contribution in [0.15, 0.2) is 0 Å². The zero-order chi connectivity index (χ0) is 10.8. The number of nitrogens with zero attached hydrogens (tertiary/aromatic N) is 1. The molecule has 0 aromatic heterocycles. The summed E-state index contributed by atoms with van der Waals surface area (Å²) >= 11 is 0. The first-order valence-corrected chi connectivity index (χ1v) is 5.03. The molecule has 0 spiro atoms. The predicted molar refractivity (Wildman–Crippen MR) is 52.6 cm³/mol. The second-order valence-electron chi connectivity index (χ2n) is 3.90. The number of hydrogen-bond donors (Lipinski definition) is 1. The van der Waals surface area contributed by atoms with Crippen molar-refractivity contribution in [2.75, 3.05) is 6.54 Å². The molecule has 79 valence electrons. The van der Waals surface area contributed by atoms with Gasteiger partial charge in [0.15, 0.2) is 0 Å². The van der Waals surface area contributed by atoms with Crippen molar-refractivity contribution in [3.8, 4) is 0 Å². The van der Waals surface area contributed by atoms with Crippen molar-refractivity contribution in [3.05, 3.63) is 0 Å². The van der Waals surface area contributed by atoms with Gasteiger partial charge < -0.3 is 5.32 Å². The van der Waals surface area contributed by atoms with E-state index in [0.717, 1.165) is 6.42 Å². The Morgan fingerprint density at radius 2 is 2.36 bits per heavy atom. The Morgan fingerprint density at radius 3 is 2.71 bits per heavy atom. The zero-order valence-electron chi connectivity index (χ0n) is 8.96. The molecule has 4 heteroatoms. The van der Waals surface area contributed by atoms with Crippen LogP contribution in [0.3, 0.4) is 0 Å². The van der Waals surface area contributed by atoms with Crippen LogP contribution in [-0.2, 0) is 9.59 Å². The minimum atomic E-state index is -0.722. The van der Waals surface area contributed by atoms with Crippen LogP contribution >= 0.6 is 0 Å². The van der Waals surface area contributed by atoms with E-state index in [0.29, 0.717) is 13.0 Å². The lowest BCUT2D eigenvalue weighted by molar-refractivity contribution is -0.132. The summed E-state index contributed by atoms with van der Waals surface area (Å²) in [5.41, 5.74) is -0.722. The van der Waals surface area contributed by atoms with Gasteiger partial charge in [0.05, 0.1) is 0 Å². The summed E-state index contributed by atoms with van der Waals surface area (Å²) in [5.74, 6) is -0.178. The number of amides is 2. The maximum atomic E-state index is 11.7. The van der Waals surface area contributed by atoms with Crippen LogP contribution in [0, 0.1) is 5.92 Å². The summed E-state index contributed by atoms with van der Waals surface area (Å²) in [6.07, 6.45) is 1.50. The molecule has 4 nitrogen and oxygen atoms in total. The minimum absolute atomic E-state index is 0.144. The lowest BCUT2D eigenvalue weighted by Gasteiger charge is -2.32. The molecule has 1 aliphatic heterocycles. The number of nitrogens with one attached hydrogen (secondary N) is 1. The molecule has 2 amide bonds. The van der Waals surface area contributed by atoms with Crippen LogP contribution in [-0.4, -0.2) is 23.9 Å². The Hall–Kier alpha value is -1.06. The monoisotopic (exact) mass is 197 g/mol. The van der Waals surface area contributed by atoms with Gasteiger partial charge in [-0.2, -0.15) is 0 Å². The Morgan fingerprint density at radius 1 is 1.71 bits per heavy atom. The first-order valence-electron chi connectivity index (χ1n) is 5.03. The number of carbonyl (C=O) groups excluding carboxylic acids is 2. The summed E-state index contributed by atoms with van der Waals surface area (Å²) in [6.45, 7) is 5.97. The third-order valence-corrected chi connectivity index (χ3v) is 3.00. The van der Waals surface area contributed by atoms with Crippen molar-refractivity contribution in [3.63, 3.8) is 0 Å². The van der Waals surface area contributed by atoms with E-state index < -0.39 is 5.54 Å². The van der Waals surface area contributed by atoms with Crippen molar-refractivity contribution < 1.29 is 9.59 Å². The van der Waals surface area contributed by atoms with Crippen LogP contribution < -0.4 is 10.6 Å². The molecule has 1 radical (unpaired) electrons. The second-order valence-corrected chi connectivity index (χ2v) is 3.90. The SMILES string of the molecule is CCC(C)C1(NC(C)=O)CC[N]C1=O. The van der Waals surface area contributed by atoms with E-state index in [1.165, 1.54) is 6.92 Å². The molecule has 1 rings (SSSR count). The Kier molecular flexibility index (Phi) is 3.13. The topological polar surface area (TPSA) is 60.3 Å². The molecule has 0 aliphatic carbocycles. The normalized spacial score (nSPS) is 28.4. The average Bonchev–Trinajstić information content (AvgIpc) is 2.47. The Labute approximate surface area is 84.4 Å². The van der Waals surface area contributed by atoms with Gasteiger partial charge in [-0.15, -0.1) is 0 Å². The van der Waals surface area contributed by atoms with E-state index in [1.807, 2.05) is 13.8 Å². The molecule has 0 bridgehead atoms. The largest absolute Gasteiger partial charge is 0.342 e. The molecule has 0 aromatic rings. The van der Waals surface area contributed by atoms with Crippen molar-refractivity contribution in [2.45, 2.75) is 39.2 Å². The third kappa shape index (κ3) is 1.74. The number of hydrogen-bond acceptors (Lipinski definition) is 2. The molecule has 1 aliphatic rings. The number of carbonyl (C=O) groups is 2. The molecule has 1 saturated heterocycles. The van der Waals surface area contributed by atoms with Gasteiger partial charge in [-0.05, 0) is 12.3 Å². The Bertz CT molecular complexity index is 253. The quantitative estimate of drug-likeness (QED) is 0.713. The minimum Gasteiger partial charge on any atom is -0.342 e. The van der Waals surface area contributed by atoms with Gasteiger partial charge in [0.2, 0.25) is 5.91 Å². The first-order chi connectivity index (χ1) is 6.53. The van der Waals surface area contributed by atoms with Gasteiger partial charge >= 0.3 is 0 Å². The summed E-state index contributed by atoms with van der Waals surface area (Å²) in [5, 5.41) is 6.63. The maximum absolute atomic E-state index is 11.7. The fourth-order valence-corrected chi connectivity index (χ4v) is 1.94. The van der Waals surface area contributed by atoms with Crippen molar-refractivity contribution >= 4 is 11.8 Å². The van der Waals surface area contributed by atoms with Crippen LogP contribution in [0.25, 0.3) is 0 Å². The van der Waals surface area contributed by atoms with Gasteiger partial charge in [0.1, 0.15) is 5.54 Å². The van der Waals surface area contributed by atoms with E-state index in [1.54, 1.807) is 0 Å². The van der Waals surface area contributed by atoms with E-state index in [2.05, 4.69) is 10.6 Å². The number of rotatable bonds is 3. The highest BCUT2D eigenvalue weighted by Crippen LogP contribution is 2.28. The average molecular weight is 197 g/mol. The van der Waals surface area contributed by atoms with Crippen LogP contribution in [0.1, 0.15) is 33.6 Å². The lowest BCUT2D eigenvalue weighted by Crippen LogP contribution is -2.56. The van der Waals surface area contributed by atoms with Gasteiger partial charge in [-0.25, -0.2) is 5.32 Å². The molecule has 2 unspecified atom stereocenters. The standard InChI is InChI=1S/C10H17N2O2/c1-4-7(2)10(12-8(3)13)5-6-11-9(10)14/h7H,4-6H2,1-3H3,(H,12,13). The molecular weight excluding hydrogens is 180 g/mol. The van der Waals surface area contributed by atoms with Gasteiger partial charge in [0, 0.05) is 13.5 Å². The highest BCUT2D eigenvalue weighted by molar-refractivity contribution is 5.92. The van der Waals surface area contributed by atoms with Crippen LogP contribution in [0.4, 0.5) is 0 Å². The smallest absolute Gasteiger partial charge is 0.267 e. The van der Waals surface area contributed by atoms with Gasteiger partial charge in [-0.1, -0.05) is 20.3 Å². The summed E-state index contributed by atoms with van der Waals surface area (Å²) < 4.78 is 0. The predicted octanol–water partition coefficient (Wildman–Crippen LogP) is 0.442. The maximum Gasteiger partial charge on any atom is 0.267 e. The molecular formula is C10H17N2O2. The van der Waals surface area contributed by atoms with E-state index >= 15 is 0 Å². The Balaban J connectivity index is 2.89. The molecule has 2 atom stereocenters. The molecule has 0 aromatic carbocycles. The van der Waals surface area contributed by atoms with Gasteiger partial charge in [-0.3, -0.25) is 9.59 Å². The zero-order valence-corrected chi connectivity index (χ0v) is 8.96. The molecule has 0 saturated carbocycles. The third-order valence-electron chi connectivity index (χ3n) is 3.00. The lowest BCUT2D eigenvalue weighted by atomic mass is 9.82. The first kappa shape index (κ1) is 11.0. The van der Waals surface area contributed by atoms with E-state index in [9.17, 15) is 9.59 Å². The van der Waals surface area contributed by atoms with Crippen molar-refractivity contribution in [1.82, 2.24) is 10.6 Å². The fraction of sp³-hybridized carbons (Fsp3) is 0.800. The highest BCUT2D eigenvalue weighted by atomic mass is 16.2. The summed E-state index contributed by atoms with van der Waals surface area (Å²) in [4.78, 5) is 22.7. The summed E-state index contributed by atoms with van der Waals surface area (Å²) in [6, 6.07) is 0. The van der Waals surface area contributed by atoms with Crippen LogP contribution in [0.2, 0.25) is 0 Å². The molecule has 14 heavy (non-hydrogen) atoms. The molecule has 1 N–H and O–H groups in total. The second kappa shape index (κ2) is 3.98. The molecule has 1 fully saturated rings. The fourth-order valence-electron chi connectivity index (χ4n) is 1.94. The summed E-state index contributed by atoms with van der Waals surface area (Å²) in [7, 11) is 0. The van der Waals surface area contributed by atoms with Crippen LogP contribution in [0.5, 0.6) is 0 Å². The van der Waals surface area contributed by atoms with Gasteiger partial charge in [0.25, 0.3) is 5.91 Å². The van der Waals surface area contributed by atoms with Crippen molar-refractivity contribution in [2.24, 2.45) is 5.92 Å². The van der Waals surface area contributed by atoms with E-state index in [4.69, 9.17) is 0 Å². The van der Waals surface area contributed by atoms with E-state index in [-0.39, 0.29) is 17.7 Å². The highest BCUT2D eigenvalue weighted by Gasteiger charge is 2.47.